The largest absolute Gasteiger partial charge is 0.444 e. The van der Waals surface area contributed by atoms with Gasteiger partial charge in [-0.3, -0.25) is 0 Å². The molecule has 2 aromatic heterocycles. The lowest BCUT2D eigenvalue weighted by Crippen LogP contribution is -2.42. The number of carbonyl (C=O) groups is 1. The summed E-state index contributed by atoms with van der Waals surface area (Å²) in [6, 6.07) is 1.97. The number of ether oxygens (including phenoxy) is 1. The maximum Gasteiger partial charge on any atom is 0.410 e. The monoisotopic (exact) mass is 316 g/mol. The standard InChI is InChI=1S/C17H24N4O2/c1-11-7-8-18-15-13(11)19-14(20-15)12-6-5-9-21(10-12)16(22)23-17(2,3)4/h7-8,12H,5-6,9-10H2,1-4H3,(H,18,19,20)/t12-/m1/s1. The van der Waals surface area contributed by atoms with E-state index in [-0.39, 0.29) is 12.0 Å². The molecule has 6 nitrogen and oxygen atoms in total. The number of amides is 1. The van der Waals surface area contributed by atoms with Gasteiger partial charge in [-0.1, -0.05) is 0 Å². The zero-order valence-corrected chi connectivity index (χ0v) is 14.2. The third kappa shape index (κ3) is 3.46. The Morgan fingerprint density at radius 3 is 2.91 bits per heavy atom. The van der Waals surface area contributed by atoms with E-state index in [1.807, 2.05) is 33.8 Å². The minimum atomic E-state index is -0.468. The van der Waals surface area contributed by atoms with Crippen LogP contribution in [0.2, 0.25) is 0 Å². The number of aryl methyl sites for hydroxylation is 1. The summed E-state index contributed by atoms with van der Waals surface area (Å²) in [6.07, 6.45) is 3.49. The first-order chi connectivity index (χ1) is 10.8. The third-order valence-corrected chi connectivity index (χ3v) is 4.08. The summed E-state index contributed by atoms with van der Waals surface area (Å²) in [5.41, 5.74) is 2.39. The van der Waals surface area contributed by atoms with Gasteiger partial charge in [0, 0.05) is 25.2 Å². The molecule has 0 radical (unpaired) electrons. The number of hydrogen-bond donors (Lipinski definition) is 1. The zero-order chi connectivity index (χ0) is 16.6. The van der Waals surface area contributed by atoms with Gasteiger partial charge in [-0.15, -0.1) is 0 Å². The topological polar surface area (TPSA) is 71.1 Å². The van der Waals surface area contributed by atoms with Gasteiger partial charge < -0.3 is 14.6 Å². The second kappa shape index (κ2) is 5.83. The Balaban J connectivity index is 1.77. The maximum atomic E-state index is 12.3. The summed E-state index contributed by atoms with van der Waals surface area (Å²) in [5, 5.41) is 0. The Kier molecular flexibility index (Phi) is 4.00. The van der Waals surface area contributed by atoms with Crippen LogP contribution in [0.15, 0.2) is 12.3 Å². The van der Waals surface area contributed by atoms with Crippen LogP contribution in [-0.4, -0.2) is 44.6 Å². The first-order valence-electron chi connectivity index (χ1n) is 8.12. The van der Waals surface area contributed by atoms with Crippen LogP contribution in [0.25, 0.3) is 11.2 Å². The Bertz CT molecular complexity index is 717. The lowest BCUT2D eigenvalue weighted by atomic mass is 9.98. The summed E-state index contributed by atoms with van der Waals surface area (Å²) in [4.78, 5) is 26.4. The molecule has 3 rings (SSSR count). The second-order valence-corrected chi connectivity index (χ2v) is 7.21. The number of likely N-dealkylation sites (tertiary alicyclic amines) is 1. The van der Waals surface area contributed by atoms with E-state index in [2.05, 4.69) is 15.0 Å². The number of rotatable bonds is 1. The molecular formula is C17H24N4O2. The molecule has 0 spiro atoms. The van der Waals surface area contributed by atoms with E-state index in [1.54, 1.807) is 11.1 Å². The lowest BCUT2D eigenvalue weighted by Gasteiger charge is -2.33. The molecule has 1 aliphatic heterocycles. The van der Waals surface area contributed by atoms with Crippen molar-refractivity contribution in [2.75, 3.05) is 13.1 Å². The number of fused-ring (bicyclic) bond motifs is 1. The van der Waals surface area contributed by atoms with Crippen LogP contribution >= 0.6 is 0 Å². The van der Waals surface area contributed by atoms with Crippen molar-refractivity contribution in [1.29, 1.82) is 0 Å². The molecule has 0 aromatic carbocycles. The van der Waals surface area contributed by atoms with E-state index < -0.39 is 5.60 Å². The van der Waals surface area contributed by atoms with E-state index in [1.165, 1.54) is 0 Å². The predicted molar refractivity (Wildman–Crippen MR) is 88.4 cm³/mol. The van der Waals surface area contributed by atoms with Crippen molar-refractivity contribution in [3.8, 4) is 0 Å². The lowest BCUT2D eigenvalue weighted by molar-refractivity contribution is 0.0196. The molecule has 1 fully saturated rings. The zero-order valence-electron chi connectivity index (χ0n) is 14.2. The molecule has 0 saturated carbocycles. The molecule has 0 unspecified atom stereocenters. The minimum absolute atomic E-state index is 0.199. The molecular weight excluding hydrogens is 292 g/mol. The van der Waals surface area contributed by atoms with E-state index in [9.17, 15) is 4.79 Å². The fourth-order valence-electron chi connectivity index (χ4n) is 2.94. The van der Waals surface area contributed by atoms with Gasteiger partial charge in [0.05, 0.1) is 5.52 Å². The molecule has 6 heteroatoms. The molecule has 1 N–H and O–H groups in total. The number of hydrogen-bond acceptors (Lipinski definition) is 4. The fourth-order valence-corrected chi connectivity index (χ4v) is 2.94. The van der Waals surface area contributed by atoms with Crippen LogP contribution in [-0.2, 0) is 4.74 Å². The van der Waals surface area contributed by atoms with Crippen LogP contribution < -0.4 is 0 Å². The fraction of sp³-hybridized carbons (Fsp3) is 0.588. The van der Waals surface area contributed by atoms with Crippen molar-refractivity contribution in [2.24, 2.45) is 0 Å². The van der Waals surface area contributed by atoms with Crippen LogP contribution in [0, 0.1) is 6.92 Å². The molecule has 1 amide bonds. The molecule has 0 bridgehead atoms. The van der Waals surface area contributed by atoms with Crippen LogP contribution in [0.5, 0.6) is 0 Å². The Labute approximate surface area is 136 Å². The van der Waals surface area contributed by atoms with Gasteiger partial charge in [-0.25, -0.2) is 14.8 Å². The summed E-state index contributed by atoms with van der Waals surface area (Å²) in [6.45, 7) is 9.08. The molecule has 124 valence electrons. The summed E-state index contributed by atoms with van der Waals surface area (Å²) in [5.74, 6) is 1.11. The van der Waals surface area contributed by atoms with Gasteiger partial charge >= 0.3 is 6.09 Å². The maximum absolute atomic E-state index is 12.3. The molecule has 1 atom stereocenters. The average molecular weight is 316 g/mol. The van der Waals surface area contributed by atoms with Crippen molar-refractivity contribution in [3.05, 3.63) is 23.7 Å². The number of imidazole rings is 1. The van der Waals surface area contributed by atoms with E-state index >= 15 is 0 Å². The summed E-state index contributed by atoms with van der Waals surface area (Å²) in [7, 11) is 0. The number of H-pyrrole nitrogens is 1. The Morgan fingerprint density at radius 2 is 2.22 bits per heavy atom. The van der Waals surface area contributed by atoms with Crippen molar-refractivity contribution < 1.29 is 9.53 Å². The molecule has 23 heavy (non-hydrogen) atoms. The molecule has 0 aliphatic carbocycles. The SMILES string of the molecule is Cc1ccnc2nc([C@@H]3CCCN(C(=O)OC(C)(C)C)C3)[nH]c12. The minimum Gasteiger partial charge on any atom is -0.444 e. The van der Waals surface area contributed by atoms with Crippen molar-refractivity contribution >= 4 is 17.3 Å². The second-order valence-electron chi connectivity index (χ2n) is 7.21. The van der Waals surface area contributed by atoms with Gasteiger partial charge in [0.25, 0.3) is 0 Å². The van der Waals surface area contributed by atoms with Gasteiger partial charge in [0.15, 0.2) is 5.65 Å². The number of nitrogens with zero attached hydrogens (tertiary/aromatic N) is 3. The first kappa shape index (κ1) is 15.8. The highest BCUT2D eigenvalue weighted by Crippen LogP contribution is 2.27. The smallest absolute Gasteiger partial charge is 0.410 e. The summed E-state index contributed by atoms with van der Waals surface area (Å²) < 4.78 is 5.48. The highest BCUT2D eigenvalue weighted by atomic mass is 16.6. The van der Waals surface area contributed by atoms with Crippen molar-refractivity contribution in [1.82, 2.24) is 19.9 Å². The van der Waals surface area contributed by atoms with Gasteiger partial charge in [0.2, 0.25) is 0 Å². The molecule has 1 saturated heterocycles. The Hall–Kier alpha value is -2.11. The number of aromatic nitrogens is 3. The Morgan fingerprint density at radius 1 is 1.43 bits per heavy atom. The number of nitrogens with one attached hydrogen (secondary N) is 1. The van der Waals surface area contributed by atoms with E-state index in [0.717, 1.165) is 41.9 Å². The highest BCUT2D eigenvalue weighted by Gasteiger charge is 2.29. The molecule has 2 aromatic rings. The van der Waals surface area contributed by atoms with E-state index in [0.29, 0.717) is 6.54 Å². The molecule has 1 aliphatic rings. The highest BCUT2D eigenvalue weighted by molar-refractivity contribution is 5.74. The average Bonchev–Trinajstić information content (AvgIpc) is 2.91. The van der Waals surface area contributed by atoms with Crippen LogP contribution in [0.1, 0.15) is 50.9 Å². The first-order valence-corrected chi connectivity index (χ1v) is 8.12. The van der Waals surface area contributed by atoms with Gasteiger partial charge in [-0.05, 0) is 52.2 Å². The number of pyridine rings is 1. The van der Waals surface area contributed by atoms with Crippen LogP contribution in [0.4, 0.5) is 4.79 Å². The third-order valence-electron chi connectivity index (χ3n) is 4.08. The van der Waals surface area contributed by atoms with Gasteiger partial charge in [0.1, 0.15) is 11.4 Å². The van der Waals surface area contributed by atoms with E-state index in [4.69, 9.17) is 4.74 Å². The quantitative estimate of drug-likeness (QED) is 0.875. The number of piperidine rings is 1. The summed E-state index contributed by atoms with van der Waals surface area (Å²) >= 11 is 0. The normalized spacial score (nSPS) is 19.1. The number of aromatic amines is 1. The van der Waals surface area contributed by atoms with Crippen molar-refractivity contribution in [3.63, 3.8) is 0 Å². The van der Waals surface area contributed by atoms with Crippen LogP contribution in [0.3, 0.4) is 0 Å². The van der Waals surface area contributed by atoms with Gasteiger partial charge in [-0.2, -0.15) is 0 Å². The number of carbonyl (C=O) groups excluding carboxylic acids is 1. The predicted octanol–water partition coefficient (Wildman–Crippen LogP) is 3.38. The molecule has 3 heterocycles. The van der Waals surface area contributed by atoms with Crippen molar-refractivity contribution in [2.45, 2.75) is 52.1 Å².